The highest BCUT2D eigenvalue weighted by molar-refractivity contribution is 9.10. The molecule has 0 amide bonds. The van der Waals surface area contributed by atoms with Gasteiger partial charge in [0, 0.05) is 37.9 Å². The van der Waals surface area contributed by atoms with Crippen molar-refractivity contribution < 1.29 is 0 Å². The van der Waals surface area contributed by atoms with Gasteiger partial charge < -0.3 is 0 Å². The van der Waals surface area contributed by atoms with Crippen molar-refractivity contribution in [2.24, 2.45) is 0 Å². The summed E-state index contributed by atoms with van der Waals surface area (Å²) in [4.78, 5) is 29.0. The number of benzene rings is 14. The van der Waals surface area contributed by atoms with Gasteiger partial charge >= 0.3 is 0 Å². The first-order valence-electron chi connectivity index (χ1n) is 28.7. The second-order valence-corrected chi connectivity index (χ2v) is 22.0. The lowest BCUT2D eigenvalue weighted by Crippen LogP contribution is -2.01. The van der Waals surface area contributed by atoms with Gasteiger partial charge in [-0.2, -0.15) is 0 Å². The first-order valence-corrected chi connectivity index (χ1v) is 29.5. The molecule has 0 saturated heterocycles. The SMILES string of the molecule is Brc1ccccc1-c1nc(-c2ccccc2)nc(-c2ccccc2)n1.Cc1ccc2ccc3c4ccccc4ccc3c2c1.c1ccc(-c2nc(-c3ccccc3)nc(-c3ccccc3-c3ccc4ccc5c6ccccc6ccc5c4c3)n2)cc1. The van der Waals surface area contributed by atoms with Crippen LogP contribution in [0.1, 0.15) is 5.56 Å². The molecule has 0 unspecified atom stereocenters. The summed E-state index contributed by atoms with van der Waals surface area (Å²) in [5.74, 6) is 3.96. The predicted molar refractivity (Wildman–Crippen MR) is 362 cm³/mol. The Hall–Kier alpha value is -10.9. The van der Waals surface area contributed by atoms with Crippen molar-refractivity contribution in [1.29, 1.82) is 0 Å². The van der Waals surface area contributed by atoms with Gasteiger partial charge in [0.15, 0.2) is 34.9 Å². The molecule has 0 aliphatic rings. The first kappa shape index (κ1) is 53.2. The number of halogens is 1. The van der Waals surface area contributed by atoms with E-state index in [2.05, 4.69) is 181 Å². The molecule has 6 nitrogen and oxygen atoms in total. The predicted octanol–water partition coefficient (Wildman–Crippen LogP) is 21.1. The van der Waals surface area contributed by atoms with E-state index in [9.17, 15) is 0 Å². The summed E-state index contributed by atoms with van der Waals surface area (Å²) in [6.07, 6.45) is 0. The molecule has 0 saturated carbocycles. The van der Waals surface area contributed by atoms with Gasteiger partial charge in [-0.25, -0.2) is 29.9 Å². The van der Waals surface area contributed by atoms with Crippen molar-refractivity contribution in [3.8, 4) is 79.5 Å². The summed E-state index contributed by atoms with van der Waals surface area (Å²) in [6.45, 7) is 2.15. The van der Waals surface area contributed by atoms with Gasteiger partial charge in [-0.3, -0.25) is 0 Å². The summed E-state index contributed by atoms with van der Waals surface area (Å²) < 4.78 is 0.958. The van der Waals surface area contributed by atoms with Gasteiger partial charge in [-0.1, -0.05) is 313 Å². The maximum absolute atomic E-state index is 5.01. The van der Waals surface area contributed by atoms with Crippen LogP contribution in [0.5, 0.6) is 0 Å². The van der Waals surface area contributed by atoms with Crippen molar-refractivity contribution >= 4 is 80.6 Å². The second-order valence-electron chi connectivity index (χ2n) is 21.2. The molecule has 86 heavy (non-hydrogen) atoms. The van der Waals surface area contributed by atoms with Gasteiger partial charge in [-0.15, -0.1) is 0 Å². The van der Waals surface area contributed by atoms with E-state index in [1.54, 1.807) is 0 Å². The third-order valence-electron chi connectivity index (χ3n) is 15.6. The molecular weight excluding hydrogens is 1110 g/mol. The lowest BCUT2D eigenvalue weighted by molar-refractivity contribution is 1.07. The third-order valence-corrected chi connectivity index (χ3v) is 16.3. The van der Waals surface area contributed by atoms with Gasteiger partial charge in [0.1, 0.15) is 0 Å². The van der Waals surface area contributed by atoms with E-state index < -0.39 is 0 Å². The number of nitrogens with zero attached hydrogens (tertiary/aromatic N) is 6. The highest BCUT2D eigenvalue weighted by Gasteiger charge is 2.18. The van der Waals surface area contributed by atoms with Crippen LogP contribution in [0.4, 0.5) is 0 Å². The maximum Gasteiger partial charge on any atom is 0.165 e. The van der Waals surface area contributed by atoms with E-state index in [-0.39, 0.29) is 0 Å². The van der Waals surface area contributed by atoms with E-state index in [0.29, 0.717) is 34.9 Å². The zero-order chi connectivity index (χ0) is 57.8. The van der Waals surface area contributed by atoms with Gasteiger partial charge in [-0.05, 0) is 94.8 Å². The van der Waals surface area contributed by atoms with Crippen molar-refractivity contribution in [1.82, 2.24) is 29.9 Å². The summed E-state index contributed by atoms with van der Waals surface area (Å²) in [5.41, 5.74) is 9.29. The molecule has 0 aliphatic carbocycles. The molecule has 0 bridgehead atoms. The Labute approximate surface area is 507 Å². The minimum Gasteiger partial charge on any atom is -0.208 e. The quantitative estimate of drug-likeness (QED) is 0.148. The number of aromatic nitrogens is 6. The lowest BCUT2D eigenvalue weighted by atomic mass is 9.93. The van der Waals surface area contributed by atoms with Crippen LogP contribution in [-0.2, 0) is 0 Å². The molecule has 0 spiro atoms. The molecule has 2 heterocycles. The molecule has 16 aromatic rings. The normalized spacial score (nSPS) is 11.1. The maximum atomic E-state index is 5.01. The van der Waals surface area contributed by atoms with Crippen LogP contribution in [0, 0.1) is 6.92 Å². The van der Waals surface area contributed by atoms with Crippen LogP contribution in [-0.4, -0.2) is 29.9 Å². The Morgan fingerprint density at radius 2 is 0.523 bits per heavy atom. The average molecular weight is 1170 g/mol. The zero-order valence-electron chi connectivity index (χ0n) is 46.9. The fraction of sp³-hybridized carbons (Fsp3) is 0.0127. The fourth-order valence-electron chi connectivity index (χ4n) is 11.3. The summed E-state index contributed by atoms with van der Waals surface area (Å²) in [7, 11) is 0. The van der Waals surface area contributed by atoms with Crippen LogP contribution in [0.15, 0.2) is 308 Å². The monoisotopic (exact) mass is 1160 g/mol. The molecule has 7 heteroatoms. The average Bonchev–Trinajstić information content (AvgIpc) is 1.26. The molecule has 2 aromatic heterocycles. The van der Waals surface area contributed by atoms with Crippen molar-refractivity contribution in [2.75, 3.05) is 0 Å². The van der Waals surface area contributed by atoms with Gasteiger partial charge in [0.05, 0.1) is 0 Å². The Morgan fingerprint density at radius 3 is 0.977 bits per heavy atom. The van der Waals surface area contributed by atoms with E-state index in [1.165, 1.54) is 70.2 Å². The van der Waals surface area contributed by atoms with Crippen LogP contribution < -0.4 is 0 Å². The van der Waals surface area contributed by atoms with Crippen LogP contribution in [0.25, 0.3) is 144 Å². The highest BCUT2D eigenvalue weighted by Crippen LogP contribution is 2.38. The highest BCUT2D eigenvalue weighted by atomic mass is 79.9. The third kappa shape index (κ3) is 10.9. The summed E-state index contributed by atoms with van der Waals surface area (Å²) >= 11 is 3.59. The molecule has 0 atom stereocenters. The largest absolute Gasteiger partial charge is 0.208 e. The standard InChI is InChI=1S/C39H25N3.C21H14BrN3.C19H14/c1-3-12-28(13-4-1)37-40-38(29-14-5-2-6-15-29)42-39(41-37)35-18-10-9-17-32(35)30-20-19-27-22-23-33-31-16-8-7-11-26(31)21-24-34(33)36(27)25-30;22-18-14-8-7-13-17(18)21-24-19(15-9-3-1-4-10-15)23-20(25-21)16-11-5-2-6-12-16;1-13-6-7-15-9-10-17-16-5-3-2-4-14(16)8-11-18(17)19(15)12-13/h1-25H;1-14H;2-12H,1H3. The minimum absolute atomic E-state index is 0.653. The molecule has 0 fully saturated rings. The fourth-order valence-corrected chi connectivity index (χ4v) is 11.8. The van der Waals surface area contributed by atoms with E-state index in [1.807, 2.05) is 146 Å². The van der Waals surface area contributed by atoms with Crippen molar-refractivity contribution in [3.63, 3.8) is 0 Å². The van der Waals surface area contributed by atoms with Gasteiger partial charge in [0.25, 0.3) is 0 Å². The lowest BCUT2D eigenvalue weighted by Gasteiger charge is -2.13. The number of hydrogen-bond acceptors (Lipinski definition) is 6. The molecule has 16 rings (SSSR count). The Morgan fingerprint density at radius 1 is 0.209 bits per heavy atom. The smallest absolute Gasteiger partial charge is 0.165 e. The minimum atomic E-state index is 0.653. The first-order chi connectivity index (χ1) is 42.5. The summed E-state index contributed by atoms with van der Waals surface area (Å²) in [5, 5.41) is 15.5. The van der Waals surface area contributed by atoms with E-state index in [0.717, 1.165) is 49.0 Å². The topological polar surface area (TPSA) is 77.3 Å². The number of hydrogen-bond donors (Lipinski definition) is 0. The molecular formula is C79H53BrN6. The summed E-state index contributed by atoms with van der Waals surface area (Å²) in [6, 6.07) is 105. The van der Waals surface area contributed by atoms with Gasteiger partial charge in [0.2, 0.25) is 0 Å². The van der Waals surface area contributed by atoms with Crippen LogP contribution in [0.2, 0.25) is 0 Å². The Balaban J connectivity index is 0.000000125. The Kier molecular flexibility index (Phi) is 14.7. The number of fused-ring (bicyclic) bond motifs is 10. The molecule has 0 aliphatic heterocycles. The van der Waals surface area contributed by atoms with Crippen LogP contribution >= 0.6 is 15.9 Å². The second kappa shape index (κ2) is 23.8. The number of aryl methyl sites for hydroxylation is 1. The van der Waals surface area contributed by atoms with Crippen molar-refractivity contribution in [3.05, 3.63) is 313 Å². The molecule has 0 radical (unpaired) electrons. The van der Waals surface area contributed by atoms with E-state index in [4.69, 9.17) is 29.9 Å². The molecule has 0 N–H and O–H groups in total. The Bertz CT molecular complexity index is 5020. The number of rotatable bonds is 7. The molecule has 406 valence electrons. The zero-order valence-corrected chi connectivity index (χ0v) is 48.5. The molecule has 14 aromatic carbocycles. The van der Waals surface area contributed by atoms with E-state index >= 15 is 0 Å². The van der Waals surface area contributed by atoms with Crippen molar-refractivity contribution in [2.45, 2.75) is 6.92 Å². The van der Waals surface area contributed by atoms with Crippen LogP contribution in [0.3, 0.4) is 0 Å².